The van der Waals surface area contributed by atoms with Crippen LogP contribution in [-0.2, 0) is 0 Å². The van der Waals surface area contributed by atoms with Gasteiger partial charge in [-0.1, -0.05) is 0 Å². The van der Waals surface area contributed by atoms with Crippen LogP contribution in [-0.4, -0.2) is 35.8 Å². The fourth-order valence-electron chi connectivity index (χ4n) is 1.80. The van der Waals surface area contributed by atoms with Crippen molar-refractivity contribution in [2.75, 3.05) is 29.9 Å². The van der Waals surface area contributed by atoms with Crippen LogP contribution < -0.4 is 10.2 Å². The van der Waals surface area contributed by atoms with Gasteiger partial charge < -0.3 is 15.3 Å². The fraction of sp³-hybridized carbons (Fsp3) is 0.615. The van der Waals surface area contributed by atoms with Crippen molar-refractivity contribution in [3.05, 3.63) is 17.7 Å². The number of hydrogen-bond acceptors (Lipinski definition) is 4. The molecule has 1 rings (SSSR count). The standard InChI is InChI=1S/C13H21F2N3O/c1-4-16-12-10(14)8-11(15)13(17-12)18(9(2)3)6-5-7-19/h8-9,19H,4-7H2,1-3H3,(H,16,17). The van der Waals surface area contributed by atoms with Crippen LogP contribution in [0.5, 0.6) is 0 Å². The molecule has 0 unspecified atom stereocenters. The van der Waals surface area contributed by atoms with Gasteiger partial charge >= 0.3 is 0 Å². The predicted octanol–water partition coefficient (Wildman–Crippen LogP) is 2.39. The van der Waals surface area contributed by atoms with E-state index in [0.29, 0.717) is 19.5 Å². The summed E-state index contributed by atoms with van der Waals surface area (Å²) in [4.78, 5) is 5.73. The molecule has 2 N–H and O–H groups in total. The molecule has 108 valence electrons. The third-order valence-corrected chi connectivity index (χ3v) is 2.71. The van der Waals surface area contributed by atoms with Gasteiger partial charge in [0.1, 0.15) is 0 Å². The SMILES string of the molecule is CCNc1nc(N(CCCO)C(C)C)c(F)cc1F. The molecule has 0 aromatic carbocycles. The number of aromatic nitrogens is 1. The van der Waals surface area contributed by atoms with Gasteiger partial charge in [0.25, 0.3) is 0 Å². The molecule has 0 spiro atoms. The zero-order valence-electron chi connectivity index (χ0n) is 11.6. The second-order valence-corrected chi connectivity index (χ2v) is 4.52. The number of nitrogens with zero attached hydrogens (tertiary/aromatic N) is 2. The summed E-state index contributed by atoms with van der Waals surface area (Å²) in [6.07, 6.45) is 0.507. The lowest BCUT2D eigenvalue weighted by Gasteiger charge is -2.28. The Morgan fingerprint density at radius 1 is 1.37 bits per heavy atom. The van der Waals surface area contributed by atoms with Gasteiger partial charge in [-0.15, -0.1) is 0 Å². The summed E-state index contributed by atoms with van der Waals surface area (Å²) in [5, 5.41) is 11.6. The molecule has 0 aliphatic rings. The van der Waals surface area contributed by atoms with E-state index in [1.165, 1.54) is 0 Å². The van der Waals surface area contributed by atoms with E-state index in [9.17, 15) is 8.78 Å². The summed E-state index contributed by atoms with van der Waals surface area (Å²) in [5.41, 5.74) is 0. The van der Waals surface area contributed by atoms with Crippen molar-refractivity contribution in [3.8, 4) is 0 Å². The van der Waals surface area contributed by atoms with Crippen LogP contribution in [0.4, 0.5) is 20.4 Å². The lowest BCUT2D eigenvalue weighted by molar-refractivity contribution is 0.288. The smallest absolute Gasteiger partial charge is 0.168 e. The molecule has 0 amide bonds. The highest BCUT2D eigenvalue weighted by molar-refractivity contribution is 5.49. The van der Waals surface area contributed by atoms with Crippen molar-refractivity contribution in [1.29, 1.82) is 0 Å². The normalized spacial score (nSPS) is 10.9. The third-order valence-electron chi connectivity index (χ3n) is 2.71. The second-order valence-electron chi connectivity index (χ2n) is 4.52. The van der Waals surface area contributed by atoms with Crippen LogP contribution >= 0.6 is 0 Å². The van der Waals surface area contributed by atoms with Crippen LogP contribution in [0.2, 0.25) is 0 Å². The number of pyridine rings is 1. The number of aliphatic hydroxyl groups is 1. The average molecular weight is 273 g/mol. The molecule has 1 heterocycles. The van der Waals surface area contributed by atoms with E-state index in [-0.39, 0.29) is 24.3 Å². The third kappa shape index (κ3) is 4.02. The fourth-order valence-corrected chi connectivity index (χ4v) is 1.80. The number of rotatable bonds is 7. The van der Waals surface area contributed by atoms with E-state index in [0.717, 1.165) is 6.07 Å². The van der Waals surface area contributed by atoms with E-state index in [2.05, 4.69) is 10.3 Å². The van der Waals surface area contributed by atoms with Gasteiger partial charge in [-0.05, 0) is 27.2 Å². The van der Waals surface area contributed by atoms with Gasteiger partial charge in [0.15, 0.2) is 23.3 Å². The molecule has 0 atom stereocenters. The molecule has 0 aliphatic heterocycles. The van der Waals surface area contributed by atoms with Crippen molar-refractivity contribution in [3.63, 3.8) is 0 Å². The highest BCUT2D eigenvalue weighted by Gasteiger charge is 2.19. The molecule has 0 aliphatic carbocycles. The summed E-state index contributed by atoms with van der Waals surface area (Å²) in [6.45, 7) is 6.61. The summed E-state index contributed by atoms with van der Waals surface area (Å²) < 4.78 is 27.4. The summed E-state index contributed by atoms with van der Waals surface area (Å²) in [7, 11) is 0. The van der Waals surface area contributed by atoms with Crippen LogP contribution in [0.25, 0.3) is 0 Å². The first-order valence-electron chi connectivity index (χ1n) is 6.48. The Kier molecular flexibility index (Phi) is 5.95. The minimum absolute atomic E-state index is 0.00786. The quantitative estimate of drug-likeness (QED) is 0.801. The molecular weight excluding hydrogens is 252 g/mol. The minimum Gasteiger partial charge on any atom is -0.396 e. The van der Waals surface area contributed by atoms with E-state index in [1.807, 2.05) is 20.8 Å². The highest BCUT2D eigenvalue weighted by atomic mass is 19.1. The molecule has 6 heteroatoms. The van der Waals surface area contributed by atoms with Crippen LogP contribution in [0.3, 0.4) is 0 Å². The largest absolute Gasteiger partial charge is 0.396 e. The second kappa shape index (κ2) is 7.23. The number of nitrogens with one attached hydrogen (secondary N) is 1. The average Bonchev–Trinajstić information content (AvgIpc) is 2.34. The first-order valence-corrected chi connectivity index (χ1v) is 6.48. The maximum Gasteiger partial charge on any atom is 0.168 e. The lowest BCUT2D eigenvalue weighted by atomic mass is 10.2. The summed E-state index contributed by atoms with van der Waals surface area (Å²) in [5.74, 6) is -1.23. The van der Waals surface area contributed by atoms with Crippen molar-refractivity contribution in [1.82, 2.24) is 4.98 Å². The molecule has 0 saturated heterocycles. The Balaban J connectivity index is 3.10. The van der Waals surface area contributed by atoms with E-state index < -0.39 is 11.6 Å². The van der Waals surface area contributed by atoms with Gasteiger partial charge in [-0.3, -0.25) is 0 Å². The number of anilines is 2. The van der Waals surface area contributed by atoms with E-state index in [1.54, 1.807) is 4.90 Å². The molecule has 4 nitrogen and oxygen atoms in total. The predicted molar refractivity (Wildman–Crippen MR) is 72.5 cm³/mol. The molecule has 1 aromatic heterocycles. The van der Waals surface area contributed by atoms with Gasteiger partial charge in [-0.2, -0.15) is 0 Å². The first-order chi connectivity index (χ1) is 9.01. The Morgan fingerprint density at radius 3 is 2.58 bits per heavy atom. The monoisotopic (exact) mass is 273 g/mol. The van der Waals surface area contributed by atoms with Crippen molar-refractivity contribution >= 4 is 11.6 Å². The van der Waals surface area contributed by atoms with Gasteiger partial charge in [0, 0.05) is 31.8 Å². The molecule has 0 bridgehead atoms. The number of aliphatic hydroxyl groups excluding tert-OH is 1. The van der Waals surface area contributed by atoms with E-state index >= 15 is 0 Å². The maximum absolute atomic E-state index is 13.9. The summed E-state index contributed by atoms with van der Waals surface area (Å²) in [6, 6.07) is 0.850. The van der Waals surface area contributed by atoms with Crippen molar-refractivity contribution in [2.24, 2.45) is 0 Å². The first kappa shape index (κ1) is 15.6. The van der Waals surface area contributed by atoms with Crippen molar-refractivity contribution in [2.45, 2.75) is 33.2 Å². The topological polar surface area (TPSA) is 48.4 Å². The van der Waals surface area contributed by atoms with Gasteiger partial charge in [-0.25, -0.2) is 13.8 Å². The molecule has 1 aromatic rings. The van der Waals surface area contributed by atoms with Crippen LogP contribution in [0, 0.1) is 11.6 Å². The highest BCUT2D eigenvalue weighted by Crippen LogP contribution is 2.24. The van der Waals surface area contributed by atoms with Gasteiger partial charge in [0.05, 0.1) is 0 Å². The Morgan fingerprint density at radius 2 is 2.05 bits per heavy atom. The minimum atomic E-state index is -0.700. The Hall–Kier alpha value is -1.43. The maximum atomic E-state index is 13.9. The number of halogens is 2. The summed E-state index contributed by atoms with van der Waals surface area (Å²) >= 11 is 0. The molecular formula is C13H21F2N3O. The number of hydrogen-bond donors (Lipinski definition) is 2. The zero-order valence-corrected chi connectivity index (χ0v) is 11.6. The Bertz CT molecular complexity index is 413. The molecule has 0 fully saturated rings. The van der Waals surface area contributed by atoms with Gasteiger partial charge in [0.2, 0.25) is 0 Å². The van der Waals surface area contributed by atoms with Crippen LogP contribution in [0.15, 0.2) is 6.07 Å². The van der Waals surface area contributed by atoms with E-state index in [4.69, 9.17) is 5.11 Å². The molecule has 0 radical (unpaired) electrons. The lowest BCUT2D eigenvalue weighted by Crippen LogP contribution is -2.34. The Labute approximate surface area is 112 Å². The van der Waals surface area contributed by atoms with Crippen molar-refractivity contribution < 1.29 is 13.9 Å². The molecule has 0 saturated carbocycles. The molecule has 19 heavy (non-hydrogen) atoms. The van der Waals surface area contributed by atoms with Crippen LogP contribution in [0.1, 0.15) is 27.2 Å². The zero-order chi connectivity index (χ0) is 14.4.